The first kappa shape index (κ1) is 10.1. The third kappa shape index (κ3) is 1.73. The Morgan fingerprint density at radius 1 is 1.60 bits per heavy atom. The summed E-state index contributed by atoms with van der Waals surface area (Å²) in [5.41, 5.74) is 0. The molecule has 0 aliphatic carbocycles. The van der Waals surface area contributed by atoms with Crippen LogP contribution in [-0.4, -0.2) is 27.8 Å². The van der Waals surface area contributed by atoms with E-state index in [0.717, 1.165) is 30.9 Å². The van der Waals surface area contributed by atoms with Gasteiger partial charge in [0.2, 0.25) is 0 Å². The molecule has 2 heterocycles. The Kier molecular flexibility index (Phi) is 2.70. The zero-order chi connectivity index (χ0) is 10.8. The molecule has 2 rings (SSSR count). The average Bonchev–Trinajstić information content (AvgIpc) is 2.69. The number of rotatable bonds is 2. The van der Waals surface area contributed by atoms with Crippen LogP contribution < -0.4 is 0 Å². The number of ether oxygens (including phenoxy) is 1. The fourth-order valence-corrected chi connectivity index (χ4v) is 2.00. The van der Waals surface area contributed by atoms with Gasteiger partial charge >= 0.3 is 5.97 Å². The van der Waals surface area contributed by atoms with Crippen LogP contribution in [0.3, 0.4) is 0 Å². The molecule has 1 atom stereocenters. The molecule has 1 aliphatic heterocycles. The molecular formula is C10H15N3O2. The van der Waals surface area contributed by atoms with Crippen molar-refractivity contribution in [1.29, 1.82) is 0 Å². The highest BCUT2D eigenvalue weighted by Crippen LogP contribution is 2.21. The van der Waals surface area contributed by atoms with Crippen LogP contribution in [0.15, 0.2) is 0 Å². The molecule has 5 nitrogen and oxygen atoms in total. The van der Waals surface area contributed by atoms with Crippen molar-refractivity contribution in [2.45, 2.75) is 32.7 Å². The molecule has 0 spiro atoms. The van der Waals surface area contributed by atoms with Gasteiger partial charge in [-0.3, -0.25) is 4.79 Å². The lowest BCUT2D eigenvalue weighted by Crippen LogP contribution is -2.28. The summed E-state index contributed by atoms with van der Waals surface area (Å²) in [4.78, 5) is 11.4. The van der Waals surface area contributed by atoms with Crippen molar-refractivity contribution in [3.05, 3.63) is 11.6 Å². The van der Waals surface area contributed by atoms with Crippen molar-refractivity contribution in [3.8, 4) is 0 Å². The standard InChI is InChI=1S/C10H15N3O2/c1-3-8-11-12-9-5-4-7(6-13(8)9)10(14)15-2/h7H,3-6H2,1-2H3/t7-/m0/s1. The van der Waals surface area contributed by atoms with Gasteiger partial charge in [-0.15, -0.1) is 10.2 Å². The van der Waals surface area contributed by atoms with E-state index in [1.807, 2.05) is 11.5 Å². The number of carbonyl (C=O) groups excluding carboxylic acids is 1. The predicted octanol–water partition coefficient (Wildman–Crippen LogP) is 0.576. The van der Waals surface area contributed by atoms with Crippen molar-refractivity contribution >= 4 is 5.97 Å². The van der Waals surface area contributed by atoms with E-state index >= 15 is 0 Å². The number of hydrogen-bond acceptors (Lipinski definition) is 4. The molecule has 5 heteroatoms. The number of nitrogens with zero attached hydrogens (tertiary/aromatic N) is 3. The number of carbonyl (C=O) groups is 1. The zero-order valence-corrected chi connectivity index (χ0v) is 9.06. The molecule has 1 aromatic heterocycles. The Hall–Kier alpha value is -1.39. The zero-order valence-electron chi connectivity index (χ0n) is 9.06. The van der Waals surface area contributed by atoms with Crippen LogP contribution in [0, 0.1) is 5.92 Å². The number of aromatic nitrogens is 3. The lowest BCUT2D eigenvalue weighted by atomic mass is 9.99. The highest BCUT2D eigenvalue weighted by atomic mass is 16.5. The van der Waals surface area contributed by atoms with Crippen LogP contribution in [0.4, 0.5) is 0 Å². The molecule has 0 N–H and O–H groups in total. The van der Waals surface area contributed by atoms with Gasteiger partial charge in [0.05, 0.1) is 13.0 Å². The van der Waals surface area contributed by atoms with E-state index in [-0.39, 0.29) is 11.9 Å². The minimum atomic E-state index is -0.128. The number of hydrogen-bond donors (Lipinski definition) is 0. The lowest BCUT2D eigenvalue weighted by molar-refractivity contribution is -0.146. The maximum Gasteiger partial charge on any atom is 0.310 e. The van der Waals surface area contributed by atoms with Gasteiger partial charge < -0.3 is 9.30 Å². The van der Waals surface area contributed by atoms with E-state index in [9.17, 15) is 4.79 Å². The molecule has 1 aromatic rings. The second kappa shape index (κ2) is 4.00. The number of aryl methyl sites for hydroxylation is 2. The SMILES string of the molecule is CCc1nnc2n1C[C@@H](C(=O)OC)CC2. The summed E-state index contributed by atoms with van der Waals surface area (Å²) in [5.74, 6) is 1.78. The third-order valence-corrected chi connectivity index (χ3v) is 2.87. The summed E-state index contributed by atoms with van der Waals surface area (Å²) in [6, 6.07) is 0. The van der Waals surface area contributed by atoms with Crippen molar-refractivity contribution in [2.75, 3.05) is 7.11 Å². The van der Waals surface area contributed by atoms with E-state index in [4.69, 9.17) is 4.74 Å². The lowest BCUT2D eigenvalue weighted by Gasteiger charge is -2.21. The van der Waals surface area contributed by atoms with Gasteiger partial charge in [-0.05, 0) is 6.42 Å². The first-order valence-electron chi connectivity index (χ1n) is 5.25. The van der Waals surface area contributed by atoms with Gasteiger partial charge in [-0.25, -0.2) is 0 Å². The molecule has 1 aliphatic rings. The molecule has 0 bridgehead atoms. The van der Waals surface area contributed by atoms with Gasteiger partial charge in [0, 0.05) is 19.4 Å². The topological polar surface area (TPSA) is 57.0 Å². The Bertz CT molecular complexity index is 359. The third-order valence-electron chi connectivity index (χ3n) is 2.87. The van der Waals surface area contributed by atoms with E-state index in [0.29, 0.717) is 6.54 Å². The van der Waals surface area contributed by atoms with Crippen LogP contribution in [0.5, 0.6) is 0 Å². The smallest absolute Gasteiger partial charge is 0.310 e. The highest BCUT2D eigenvalue weighted by Gasteiger charge is 2.27. The minimum absolute atomic E-state index is 0.0381. The number of fused-ring (bicyclic) bond motifs is 1. The van der Waals surface area contributed by atoms with Crippen LogP contribution in [0.1, 0.15) is 25.0 Å². The Morgan fingerprint density at radius 2 is 2.40 bits per heavy atom. The van der Waals surface area contributed by atoms with Crippen LogP contribution in [0.2, 0.25) is 0 Å². The quantitative estimate of drug-likeness (QED) is 0.668. The van der Waals surface area contributed by atoms with Crippen LogP contribution >= 0.6 is 0 Å². The van der Waals surface area contributed by atoms with Crippen LogP contribution in [-0.2, 0) is 28.9 Å². The molecule has 0 aromatic carbocycles. The minimum Gasteiger partial charge on any atom is -0.469 e. The van der Waals surface area contributed by atoms with Crippen molar-refractivity contribution in [1.82, 2.24) is 14.8 Å². The summed E-state index contributed by atoms with van der Waals surface area (Å²) in [6.07, 6.45) is 2.47. The summed E-state index contributed by atoms with van der Waals surface area (Å²) < 4.78 is 6.81. The van der Waals surface area contributed by atoms with E-state index in [1.165, 1.54) is 7.11 Å². The fraction of sp³-hybridized carbons (Fsp3) is 0.700. The Labute approximate surface area is 88.4 Å². The second-order valence-corrected chi connectivity index (χ2v) is 3.76. The highest BCUT2D eigenvalue weighted by molar-refractivity contribution is 5.72. The second-order valence-electron chi connectivity index (χ2n) is 3.76. The van der Waals surface area contributed by atoms with Crippen molar-refractivity contribution in [2.24, 2.45) is 5.92 Å². The Morgan fingerprint density at radius 3 is 3.07 bits per heavy atom. The first-order chi connectivity index (χ1) is 7.26. The van der Waals surface area contributed by atoms with Crippen molar-refractivity contribution < 1.29 is 9.53 Å². The molecule has 0 fully saturated rings. The van der Waals surface area contributed by atoms with Crippen LogP contribution in [0.25, 0.3) is 0 Å². The van der Waals surface area contributed by atoms with Gasteiger partial charge in [0.1, 0.15) is 11.6 Å². The summed E-state index contributed by atoms with van der Waals surface area (Å²) in [7, 11) is 1.44. The maximum atomic E-state index is 11.4. The van der Waals surface area contributed by atoms with E-state index in [1.54, 1.807) is 0 Å². The van der Waals surface area contributed by atoms with E-state index < -0.39 is 0 Å². The fourth-order valence-electron chi connectivity index (χ4n) is 2.00. The molecule has 0 amide bonds. The maximum absolute atomic E-state index is 11.4. The average molecular weight is 209 g/mol. The normalized spacial score (nSPS) is 19.7. The van der Waals surface area contributed by atoms with Gasteiger partial charge in [-0.1, -0.05) is 6.92 Å². The summed E-state index contributed by atoms with van der Waals surface area (Å²) >= 11 is 0. The largest absolute Gasteiger partial charge is 0.469 e. The van der Waals surface area contributed by atoms with Crippen molar-refractivity contribution in [3.63, 3.8) is 0 Å². The Balaban J connectivity index is 2.20. The molecule has 0 saturated carbocycles. The summed E-state index contributed by atoms with van der Waals surface area (Å²) in [6.45, 7) is 2.71. The predicted molar refractivity (Wildman–Crippen MR) is 53.2 cm³/mol. The molecule has 15 heavy (non-hydrogen) atoms. The van der Waals surface area contributed by atoms with E-state index in [2.05, 4.69) is 10.2 Å². The molecule has 82 valence electrons. The molecule has 0 radical (unpaired) electrons. The van der Waals surface area contributed by atoms with Gasteiger partial charge in [-0.2, -0.15) is 0 Å². The number of methoxy groups -OCH3 is 1. The molecule has 0 unspecified atom stereocenters. The summed E-state index contributed by atoms with van der Waals surface area (Å²) in [5, 5.41) is 8.20. The first-order valence-corrected chi connectivity index (χ1v) is 5.25. The monoisotopic (exact) mass is 209 g/mol. The van der Waals surface area contributed by atoms with Gasteiger partial charge in [0.25, 0.3) is 0 Å². The number of esters is 1. The molecule has 0 saturated heterocycles. The van der Waals surface area contributed by atoms with Gasteiger partial charge in [0.15, 0.2) is 0 Å². The molecular weight excluding hydrogens is 194 g/mol.